The van der Waals surface area contributed by atoms with E-state index in [9.17, 15) is 19.8 Å². The summed E-state index contributed by atoms with van der Waals surface area (Å²) in [6.45, 7) is 5.20. The lowest BCUT2D eigenvalue weighted by molar-refractivity contribution is -0.152. The molecule has 2 N–H and O–H groups in total. The zero-order valence-corrected chi connectivity index (χ0v) is 21.2. The molecule has 7 nitrogen and oxygen atoms in total. The second-order valence-electron chi connectivity index (χ2n) is 9.07. The third-order valence-corrected chi connectivity index (χ3v) is 5.77. The highest BCUT2D eigenvalue weighted by molar-refractivity contribution is 5.81. The van der Waals surface area contributed by atoms with Crippen molar-refractivity contribution < 1.29 is 24.5 Å². The monoisotopic (exact) mass is 458 g/mol. The zero-order valence-electron chi connectivity index (χ0n) is 21.2. The van der Waals surface area contributed by atoms with E-state index in [1.54, 1.807) is 0 Å². The predicted octanol–water partition coefficient (Wildman–Crippen LogP) is 3.75. The maximum atomic E-state index is 12.8. The Morgan fingerprint density at radius 1 is 0.781 bits per heavy atom. The molecule has 0 spiro atoms. The molecule has 0 aliphatic heterocycles. The largest absolute Gasteiger partial charge is 0.462 e. The summed E-state index contributed by atoms with van der Waals surface area (Å²) in [5.74, 6) is -0.543. The van der Waals surface area contributed by atoms with Crippen molar-refractivity contribution in [1.29, 1.82) is 0 Å². The Balaban J connectivity index is 4.53. The van der Waals surface area contributed by atoms with Gasteiger partial charge in [-0.15, -0.1) is 0 Å². The molecular formula is C25H50N2O5. The first kappa shape index (κ1) is 30.8. The Morgan fingerprint density at radius 2 is 1.41 bits per heavy atom. The van der Waals surface area contributed by atoms with Gasteiger partial charge in [-0.3, -0.25) is 9.59 Å². The number of carbonyl (C=O) groups excluding carboxylic acids is 2. The number of hydrogen-bond donors (Lipinski definition) is 2. The number of carbonyl (C=O) groups is 2. The van der Waals surface area contributed by atoms with E-state index in [-0.39, 0.29) is 44.0 Å². The van der Waals surface area contributed by atoms with Crippen molar-refractivity contribution in [3.63, 3.8) is 0 Å². The Labute approximate surface area is 196 Å². The van der Waals surface area contributed by atoms with Gasteiger partial charge in [0, 0.05) is 13.0 Å². The summed E-state index contributed by atoms with van der Waals surface area (Å²) < 4.78 is 5.65. The van der Waals surface area contributed by atoms with Crippen LogP contribution in [0.4, 0.5) is 0 Å². The smallest absolute Gasteiger partial charge is 0.306 e. The first-order valence-corrected chi connectivity index (χ1v) is 12.7. The molecule has 0 radical (unpaired) electrons. The van der Waals surface area contributed by atoms with Gasteiger partial charge in [0.1, 0.15) is 6.10 Å². The summed E-state index contributed by atoms with van der Waals surface area (Å²) in [7, 11) is 4.10. The van der Waals surface area contributed by atoms with Crippen LogP contribution in [0.25, 0.3) is 0 Å². The lowest BCUT2D eigenvalue weighted by Gasteiger charge is -2.29. The first-order valence-electron chi connectivity index (χ1n) is 12.7. The van der Waals surface area contributed by atoms with Crippen LogP contribution in [0.1, 0.15) is 97.3 Å². The van der Waals surface area contributed by atoms with Crippen LogP contribution in [-0.4, -0.2) is 84.4 Å². The summed E-state index contributed by atoms with van der Waals surface area (Å²) in [6.07, 6.45) is 11.3. The van der Waals surface area contributed by atoms with E-state index in [1.807, 2.05) is 0 Å². The minimum Gasteiger partial charge on any atom is -0.462 e. The highest BCUT2D eigenvalue weighted by atomic mass is 16.5. The second kappa shape index (κ2) is 20.4. The molecule has 0 aromatic heterocycles. The fourth-order valence-electron chi connectivity index (χ4n) is 3.81. The van der Waals surface area contributed by atoms with Gasteiger partial charge in [-0.2, -0.15) is 0 Å². The number of nitrogens with zero attached hydrogens (tertiary/aromatic N) is 2. The van der Waals surface area contributed by atoms with Crippen molar-refractivity contribution in [2.24, 2.45) is 0 Å². The Kier molecular flexibility index (Phi) is 19.7. The minimum atomic E-state index is -0.619. The summed E-state index contributed by atoms with van der Waals surface area (Å²) in [6, 6.07) is -0.619. The number of rotatable bonds is 21. The van der Waals surface area contributed by atoms with Crippen molar-refractivity contribution in [3.8, 4) is 0 Å². The molecule has 0 rings (SSSR count). The molecule has 0 saturated heterocycles. The highest BCUT2D eigenvalue weighted by Gasteiger charge is 2.23. The van der Waals surface area contributed by atoms with Gasteiger partial charge in [0.05, 0.1) is 25.7 Å². The Morgan fingerprint density at radius 3 is 1.97 bits per heavy atom. The summed E-state index contributed by atoms with van der Waals surface area (Å²) >= 11 is 0. The maximum absolute atomic E-state index is 12.8. The topological polar surface area (TPSA) is 90.3 Å². The van der Waals surface area contributed by atoms with Crippen LogP contribution in [-0.2, 0) is 14.3 Å². The standard InChI is InChI=1S/C25H50N2O5/c1-5-7-8-11-15-23(14-6-2)32-25(31)17-16-24(30)27(22(20-28)21-29)19-13-10-9-12-18-26(3)4/h22-23,28-29H,5-21H2,1-4H3. The molecule has 0 bridgehead atoms. The van der Waals surface area contributed by atoms with Gasteiger partial charge in [0.25, 0.3) is 0 Å². The fourth-order valence-corrected chi connectivity index (χ4v) is 3.81. The van der Waals surface area contributed by atoms with Gasteiger partial charge in [-0.05, 0) is 52.7 Å². The lowest BCUT2D eigenvalue weighted by Crippen LogP contribution is -2.45. The maximum Gasteiger partial charge on any atom is 0.306 e. The fraction of sp³-hybridized carbons (Fsp3) is 0.920. The molecule has 0 aliphatic carbocycles. The molecule has 190 valence electrons. The Hall–Kier alpha value is -1.18. The van der Waals surface area contributed by atoms with Crippen LogP contribution < -0.4 is 0 Å². The van der Waals surface area contributed by atoms with Gasteiger partial charge < -0.3 is 24.7 Å². The average Bonchev–Trinajstić information content (AvgIpc) is 2.76. The van der Waals surface area contributed by atoms with Crippen LogP contribution in [0.15, 0.2) is 0 Å². The quantitative estimate of drug-likeness (QED) is 0.201. The third-order valence-electron chi connectivity index (χ3n) is 5.77. The van der Waals surface area contributed by atoms with E-state index in [1.165, 1.54) is 17.7 Å². The molecule has 1 amide bonds. The number of unbranched alkanes of at least 4 members (excludes halogenated alkanes) is 6. The SMILES string of the molecule is CCCCCCC(CCC)OC(=O)CCC(=O)N(CCCCCCN(C)C)C(CO)CO. The molecule has 0 heterocycles. The number of ether oxygens (including phenoxy) is 1. The van der Waals surface area contributed by atoms with Crippen molar-refractivity contribution in [2.45, 2.75) is 109 Å². The second-order valence-corrected chi connectivity index (χ2v) is 9.07. The van der Waals surface area contributed by atoms with Crippen LogP contribution in [0.5, 0.6) is 0 Å². The molecule has 0 aliphatic rings. The molecule has 0 fully saturated rings. The first-order chi connectivity index (χ1) is 15.4. The van der Waals surface area contributed by atoms with E-state index >= 15 is 0 Å². The number of aliphatic hydroxyl groups excluding tert-OH is 2. The molecule has 32 heavy (non-hydrogen) atoms. The normalized spacial score (nSPS) is 12.4. The van der Waals surface area contributed by atoms with Crippen LogP contribution in [0.3, 0.4) is 0 Å². The van der Waals surface area contributed by atoms with Crippen LogP contribution >= 0.6 is 0 Å². The molecule has 1 atom stereocenters. The number of hydrogen-bond acceptors (Lipinski definition) is 6. The van der Waals surface area contributed by atoms with Gasteiger partial charge in [0.15, 0.2) is 0 Å². The van der Waals surface area contributed by atoms with Gasteiger partial charge in [0.2, 0.25) is 5.91 Å². The van der Waals surface area contributed by atoms with E-state index in [0.29, 0.717) is 6.54 Å². The molecule has 1 unspecified atom stereocenters. The van der Waals surface area contributed by atoms with Gasteiger partial charge in [-0.25, -0.2) is 0 Å². The number of esters is 1. The molecule has 0 saturated carbocycles. The van der Waals surface area contributed by atoms with Crippen molar-refractivity contribution in [3.05, 3.63) is 0 Å². The summed E-state index contributed by atoms with van der Waals surface area (Å²) in [5.41, 5.74) is 0. The van der Waals surface area contributed by atoms with Gasteiger partial charge >= 0.3 is 5.97 Å². The number of amides is 1. The number of aliphatic hydroxyl groups is 2. The van der Waals surface area contributed by atoms with E-state index in [4.69, 9.17) is 4.74 Å². The van der Waals surface area contributed by atoms with Gasteiger partial charge in [-0.1, -0.05) is 52.4 Å². The summed E-state index contributed by atoms with van der Waals surface area (Å²) in [5, 5.41) is 19.1. The van der Waals surface area contributed by atoms with Crippen LogP contribution in [0.2, 0.25) is 0 Å². The van der Waals surface area contributed by atoms with E-state index in [0.717, 1.165) is 64.3 Å². The van der Waals surface area contributed by atoms with Crippen molar-refractivity contribution in [1.82, 2.24) is 9.80 Å². The minimum absolute atomic E-state index is 0.0386. The zero-order chi connectivity index (χ0) is 24.2. The van der Waals surface area contributed by atoms with E-state index in [2.05, 4.69) is 32.8 Å². The summed E-state index contributed by atoms with van der Waals surface area (Å²) in [4.78, 5) is 28.8. The molecule has 0 aromatic carbocycles. The van der Waals surface area contributed by atoms with Crippen molar-refractivity contribution >= 4 is 11.9 Å². The van der Waals surface area contributed by atoms with Crippen LogP contribution in [0, 0.1) is 0 Å². The predicted molar refractivity (Wildman–Crippen MR) is 129 cm³/mol. The molecule has 0 aromatic rings. The highest BCUT2D eigenvalue weighted by Crippen LogP contribution is 2.15. The lowest BCUT2D eigenvalue weighted by atomic mass is 10.1. The molecule has 7 heteroatoms. The Bertz CT molecular complexity index is 469. The third kappa shape index (κ3) is 15.6. The van der Waals surface area contributed by atoms with Crippen molar-refractivity contribution in [2.75, 3.05) is 40.4 Å². The van der Waals surface area contributed by atoms with E-state index < -0.39 is 6.04 Å². The molecular weight excluding hydrogens is 408 g/mol. The average molecular weight is 459 g/mol.